The van der Waals surface area contributed by atoms with Crippen LogP contribution in [0, 0.1) is 0 Å². The molecule has 296 valence electrons. The Morgan fingerprint density at radius 1 is 0.365 bits per heavy atom. The molecule has 0 saturated heterocycles. The molecule has 0 N–H and O–H groups in total. The Bertz CT molecular complexity index is 4310. The summed E-state index contributed by atoms with van der Waals surface area (Å²) in [5, 5.41) is 3.04. The van der Waals surface area contributed by atoms with E-state index in [9.17, 15) is 11.0 Å². The lowest BCUT2D eigenvalue weighted by molar-refractivity contribution is 0.994. The molecule has 0 bridgehead atoms. The van der Waals surface area contributed by atoms with Crippen molar-refractivity contribution in [2.75, 3.05) is 0 Å². The predicted molar refractivity (Wildman–Crippen MR) is 265 cm³/mol. The molecule has 0 aliphatic heterocycles. The zero-order valence-corrected chi connectivity index (χ0v) is 34.1. The Kier molecular flexibility index (Phi) is 5.70. The number of aromatic nitrogens is 4. The van der Waals surface area contributed by atoms with Crippen molar-refractivity contribution in [1.29, 1.82) is 0 Å². The van der Waals surface area contributed by atoms with Gasteiger partial charge < -0.3 is 4.57 Å². The molecule has 0 amide bonds. The molecule has 0 unspecified atom stereocenters. The summed E-state index contributed by atoms with van der Waals surface area (Å²) in [6, 6.07) is 36.9. The first-order valence-electron chi connectivity index (χ1n) is 28.2. The van der Waals surface area contributed by atoms with Crippen molar-refractivity contribution in [2.45, 2.75) is 0 Å². The maximum absolute atomic E-state index is 9.54. The molecular formula is C58H40N4Si. The van der Waals surface area contributed by atoms with Crippen LogP contribution in [-0.2, 0) is 0 Å². The molecule has 9 aromatic carbocycles. The van der Waals surface area contributed by atoms with Gasteiger partial charge in [0.15, 0.2) is 8.07 Å². The summed E-state index contributed by atoms with van der Waals surface area (Å²) in [6.07, 6.45) is 0. The number of hydrogen-bond donors (Lipinski definition) is 0. The normalized spacial score (nSPS) is 15.4. The number of nitrogens with zero attached hydrogens (tertiary/aromatic N) is 4. The zero-order chi connectivity index (χ0) is 55.7. The zero-order valence-electron chi connectivity index (χ0n) is 49.1. The maximum atomic E-state index is 9.54. The first-order valence-corrected chi connectivity index (χ1v) is 22.2. The molecule has 63 heavy (non-hydrogen) atoms. The highest BCUT2D eigenvalue weighted by Crippen LogP contribution is 2.38. The minimum absolute atomic E-state index is 0.103. The first kappa shape index (κ1) is 23.8. The monoisotopic (exact) mass is 836 g/mol. The van der Waals surface area contributed by atoms with Crippen LogP contribution in [0.5, 0.6) is 0 Å². The summed E-state index contributed by atoms with van der Waals surface area (Å²) < 4.78 is 148. The van der Waals surface area contributed by atoms with E-state index in [-0.39, 0.29) is 72.2 Å². The summed E-state index contributed by atoms with van der Waals surface area (Å²) >= 11 is 0. The van der Waals surface area contributed by atoms with Crippen LogP contribution in [-0.4, -0.2) is 27.2 Å². The van der Waals surface area contributed by atoms with Gasteiger partial charge in [0.05, 0.1) is 61.1 Å². The molecule has 0 aliphatic carbocycles. The Morgan fingerprint density at radius 3 is 1.22 bits per heavy atom. The van der Waals surface area contributed by atoms with Gasteiger partial charge in [-0.25, -0.2) is 9.97 Å². The van der Waals surface area contributed by atoms with E-state index in [2.05, 4.69) is 36.4 Å². The SMILES string of the molecule is [2H]c1c([2H])c([2H])c2c(c1[2H])c1c([2H])c([2H])c([2H])c([2H])c1n2-c1nc(-c2ccccc2)cc(-c2cc([Si](c3ccccc3)(c3ccccc3)c3ccccc3)ccc2-n2c3c([2H])c([2H])c([2H])c([2H])c3c3c([2H])c([2H])c([2H])c([2H])c32)n1. The van der Waals surface area contributed by atoms with Crippen LogP contribution in [0.25, 0.3) is 77.8 Å². The molecule has 4 nitrogen and oxygen atoms in total. The molecule has 0 aliphatic rings. The van der Waals surface area contributed by atoms with E-state index < -0.39 is 105 Å². The van der Waals surface area contributed by atoms with Gasteiger partial charge in [0.25, 0.3) is 0 Å². The van der Waals surface area contributed by atoms with Crippen molar-refractivity contribution in [2.24, 2.45) is 0 Å². The quantitative estimate of drug-likeness (QED) is 0.113. The molecule has 5 heteroatoms. The van der Waals surface area contributed by atoms with E-state index in [0.717, 1.165) is 20.7 Å². The van der Waals surface area contributed by atoms with Crippen LogP contribution >= 0.6 is 0 Å². The Balaban J connectivity index is 1.33. The molecule has 12 rings (SSSR count). The average Bonchev–Trinajstić information content (AvgIpc) is 3.88. The number of rotatable bonds is 8. The van der Waals surface area contributed by atoms with Crippen LogP contribution in [0.1, 0.15) is 21.9 Å². The molecule has 0 radical (unpaired) electrons. The van der Waals surface area contributed by atoms with Crippen molar-refractivity contribution >= 4 is 72.4 Å². The van der Waals surface area contributed by atoms with Crippen LogP contribution in [0.3, 0.4) is 0 Å². The third-order valence-corrected chi connectivity index (χ3v) is 16.4. The molecule has 12 aromatic rings. The lowest BCUT2D eigenvalue weighted by atomic mass is 10.1. The van der Waals surface area contributed by atoms with E-state index in [1.165, 1.54) is 9.13 Å². The van der Waals surface area contributed by atoms with Crippen molar-refractivity contribution in [3.8, 4) is 34.2 Å². The highest BCUT2D eigenvalue weighted by Gasteiger charge is 2.42. The number of benzene rings is 9. The molecule has 0 atom stereocenters. The van der Waals surface area contributed by atoms with E-state index in [1.807, 2.05) is 66.7 Å². The van der Waals surface area contributed by atoms with Crippen LogP contribution in [0.4, 0.5) is 0 Å². The van der Waals surface area contributed by atoms with E-state index in [0.29, 0.717) is 5.56 Å². The second kappa shape index (κ2) is 15.1. The van der Waals surface area contributed by atoms with Crippen LogP contribution in [0.2, 0.25) is 0 Å². The summed E-state index contributed by atoms with van der Waals surface area (Å²) in [7, 11) is -3.49. The lowest BCUT2D eigenvalue weighted by Crippen LogP contribution is -2.74. The van der Waals surface area contributed by atoms with Crippen LogP contribution < -0.4 is 20.7 Å². The summed E-state index contributed by atoms with van der Waals surface area (Å²) in [5.41, 5.74) is 0.553. The Morgan fingerprint density at radius 2 is 0.762 bits per heavy atom. The van der Waals surface area contributed by atoms with Gasteiger partial charge in [-0.2, -0.15) is 0 Å². The average molecular weight is 837 g/mol. The predicted octanol–water partition coefficient (Wildman–Crippen LogP) is 11.4. The molecule has 0 fully saturated rings. The van der Waals surface area contributed by atoms with Crippen molar-refractivity contribution in [3.63, 3.8) is 0 Å². The van der Waals surface area contributed by atoms with Gasteiger partial charge in [0.1, 0.15) is 0 Å². The van der Waals surface area contributed by atoms with Crippen molar-refractivity contribution in [1.82, 2.24) is 19.1 Å². The van der Waals surface area contributed by atoms with Gasteiger partial charge >= 0.3 is 0 Å². The molecule has 0 saturated carbocycles. The highest BCUT2D eigenvalue weighted by molar-refractivity contribution is 7.19. The molecule has 3 aromatic heterocycles. The number of para-hydroxylation sites is 4. The van der Waals surface area contributed by atoms with E-state index >= 15 is 0 Å². The molecule has 0 spiro atoms. The molecule has 3 heterocycles. The molecular weight excluding hydrogens is 781 g/mol. The summed E-state index contributed by atoms with van der Waals surface area (Å²) in [4.78, 5) is 10.3. The standard InChI is InChI=1S/C58H40N4Si/c1-5-21-41(22-6-1)51-40-52(60-58(59-51)62-55-35-19-15-31-48(55)49-32-16-20-36-56(49)62)50-39-45(37-38-57(50)61-53-33-17-13-29-46(53)47-30-14-18-34-54(47)61)63(42-23-7-2-8-24-42,43-25-9-3-10-26-43)44-27-11-4-12-28-44/h1-40H/i13D,14D,15D,16D,17D,18D,19D,20D,29D,30D,31D,32D,33D,34D,35D,36D. The van der Waals surface area contributed by atoms with Gasteiger partial charge in [-0.1, -0.05) is 206 Å². The second-order valence-electron chi connectivity index (χ2n) is 14.9. The van der Waals surface area contributed by atoms with Gasteiger partial charge in [-0.3, -0.25) is 4.57 Å². The van der Waals surface area contributed by atoms with Crippen molar-refractivity contribution < 1.29 is 21.9 Å². The third kappa shape index (κ3) is 5.89. The first-order chi connectivity index (χ1) is 37.9. The smallest absolute Gasteiger partial charge is 0.235 e. The summed E-state index contributed by atoms with van der Waals surface area (Å²) in [6.45, 7) is 0. The van der Waals surface area contributed by atoms with Gasteiger partial charge in [0, 0.05) is 32.7 Å². The number of fused-ring (bicyclic) bond motifs is 6. The fraction of sp³-hybridized carbons (Fsp3) is 0. The maximum Gasteiger partial charge on any atom is 0.235 e. The van der Waals surface area contributed by atoms with E-state index in [4.69, 9.17) is 20.9 Å². The summed E-state index contributed by atoms with van der Waals surface area (Å²) in [5.74, 6) is -0.272. The highest BCUT2D eigenvalue weighted by atomic mass is 28.3. The third-order valence-electron chi connectivity index (χ3n) is 11.6. The van der Waals surface area contributed by atoms with Gasteiger partial charge in [-0.15, -0.1) is 0 Å². The van der Waals surface area contributed by atoms with Gasteiger partial charge in [-0.05, 0) is 57.0 Å². The van der Waals surface area contributed by atoms with Crippen molar-refractivity contribution in [3.05, 3.63) is 242 Å². The topological polar surface area (TPSA) is 35.6 Å². The van der Waals surface area contributed by atoms with Crippen LogP contribution in [0.15, 0.2) is 242 Å². The minimum atomic E-state index is -3.49. The fourth-order valence-electron chi connectivity index (χ4n) is 8.95. The van der Waals surface area contributed by atoms with E-state index in [1.54, 1.807) is 42.5 Å². The lowest BCUT2D eigenvalue weighted by Gasteiger charge is -2.35. The minimum Gasteiger partial charge on any atom is -0.309 e. The fourth-order valence-corrected chi connectivity index (χ4v) is 13.7. The number of hydrogen-bond acceptors (Lipinski definition) is 2. The Hall–Kier alpha value is -8.12. The second-order valence-corrected chi connectivity index (χ2v) is 18.8. The van der Waals surface area contributed by atoms with Gasteiger partial charge in [0.2, 0.25) is 5.95 Å². The Labute approximate surface area is 389 Å². The largest absolute Gasteiger partial charge is 0.309 e.